The quantitative estimate of drug-likeness (QED) is 0.0820. The Kier molecular flexibility index (Phi) is 11.7. The Morgan fingerprint density at radius 1 is 1.00 bits per heavy atom. The van der Waals surface area contributed by atoms with Crippen molar-refractivity contribution in [2.24, 2.45) is 52.9 Å². The van der Waals surface area contributed by atoms with E-state index >= 15 is 0 Å². The molecule has 0 aromatic rings. The van der Waals surface area contributed by atoms with Gasteiger partial charge in [-0.25, -0.2) is 0 Å². The van der Waals surface area contributed by atoms with Crippen LogP contribution in [-0.2, 0) is 23.8 Å². The maximum Gasteiger partial charge on any atom is 0.340 e. The standard InChI is InChI=1S/C31H53N5O10/c1-34-31(33)36-11-18-14(5-3-13-4-6-21(32)35-10-13)7-16-23(25(18)39)27(41)22-17(24(16)38)8-15(44-2)9-19(22)45-30-29(43)28(42)26(40)20(12-37)46-30/h13-23,25-26,28-30,35,37,39-40,42-43H,3-12,32H2,1-2H3,(H3,33,34,36)/p+2/t13?,14?,15?,16?,17?,18?,19?,20-,21?,22?,23?,25?,26-,28+,29-,30+/m1/s1. The summed E-state index contributed by atoms with van der Waals surface area (Å²) >= 11 is 0. The minimum absolute atomic E-state index is 0.0136. The molecule has 15 nitrogen and oxygen atoms in total. The number of hydrogen-bond acceptors (Lipinski definition) is 11. The minimum atomic E-state index is -1.66. The topological polar surface area (TPSA) is 258 Å². The van der Waals surface area contributed by atoms with Gasteiger partial charge in [-0.05, 0) is 38.0 Å². The smallest absolute Gasteiger partial charge is 0.340 e. The maximum atomic E-state index is 14.5. The summed E-state index contributed by atoms with van der Waals surface area (Å²) in [6.45, 7) is 0.644. The van der Waals surface area contributed by atoms with Gasteiger partial charge in [0.15, 0.2) is 6.29 Å². The number of ether oxygens (including phenoxy) is 3. The number of ketones is 2. The number of methoxy groups -OCH3 is 1. The van der Waals surface area contributed by atoms with Crippen LogP contribution in [0.5, 0.6) is 0 Å². The Hall–Kier alpha value is -1.79. The van der Waals surface area contributed by atoms with E-state index in [0.29, 0.717) is 31.3 Å². The van der Waals surface area contributed by atoms with E-state index in [1.54, 1.807) is 7.05 Å². The number of aliphatic hydroxyl groups excluding tert-OH is 5. The normalized spacial score (nSPS) is 46.8. The zero-order valence-corrected chi connectivity index (χ0v) is 26.8. The number of carbonyl (C=O) groups is 2. The van der Waals surface area contributed by atoms with E-state index in [2.05, 4.69) is 15.6 Å². The summed E-state index contributed by atoms with van der Waals surface area (Å²) in [6.07, 6.45) is -5.13. The van der Waals surface area contributed by atoms with E-state index in [4.69, 9.17) is 25.7 Å². The number of fused-ring (bicyclic) bond motifs is 2. The molecule has 11 unspecified atom stereocenters. The fourth-order valence-electron chi connectivity index (χ4n) is 8.82. The average molecular weight is 658 g/mol. The predicted octanol–water partition coefficient (Wildman–Crippen LogP) is -5.75. The highest BCUT2D eigenvalue weighted by atomic mass is 16.7. The lowest BCUT2D eigenvalue weighted by molar-refractivity contribution is -0.702. The number of Topliss-reactive ketones (excluding diaryl/α,β-unsaturated/α-hetero) is 2. The van der Waals surface area contributed by atoms with Crippen LogP contribution in [0.3, 0.4) is 0 Å². The van der Waals surface area contributed by atoms with Crippen LogP contribution >= 0.6 is 0 Å². The summed E-state index contributed by atoms with van der Waals surface area (Å²) in [5.74, 6) is -3.09. The lowest BCUT2D eigenvalue weighted by Gasteiger charge is -2.52. The lowest BCUT2D eigenvalue weighted by Crippen LogP contribution is -2.95. The molecule has 2 aliphatic heterocycles. The Bertz CT molecular complexity index is 1090. The molecule has 3 saturated carbocycles. The van der Waals surface area contributed by atoms with Crippen LogP contribution in [-0.4, -0.2) is 132 Å². The first kappa shape index (κ1) is 35.5. The molecule has 0 spiro atoms. The number of quaternary nitrogens is 1. The second-order valence-electron chi connectivity index (χ2n) is 14.1. The van der Waals surface area contributed by atoms with Gasteiger partial charge >= 0.3 is 5.96 Å². The van der Waals surface area contributed by atoms with Gasteiger partial charge in [0.05, 0.1) is 56.9 Å². The van der Waals surface area contributed by atoms with E-state index in [-0.39, 0.29) is 36.0 Å². The van der Waals surface area contributed by atoms with Gasteiger partial charge in [0, 0.05) is 43.6 Å². The number of piperidine rings is 1. The molecule has 16 atom stereocenters. The fourth-order valence-corrected chi connectivity index (χ4v) is 8.82. The highest BCUT2D eigenvalue weighted by Crippen LogP contribution is 2.51. The third kappa shape index (κ3) is 7.14. The number of nitrogens with one attached hydrogen (secondary N) is 2. The number of rotatable bonds is 9. The van der Waals surface area contributed by atoms with Crippen LogP contribution in [0.2, 0.25) is 0 Å². The number of nitrogens with two attached hydrogens (primary N) is 3. The SMILES string of the molecule is C[NH+]=C(N)NCC1C(CCC2CCC(N)[NH2+]C2)CC2C(=O)C3CC(OC)CC(O[C@H]4O[C@H](CO)[C@@H](O)[C@H](O)[C@H]4O)C3C(=O)C2C1O. The van der Waals surface area contributed by atoms with Crippen molar-refractivity contribution in [3.63, 3.8) is 0 Å². The van der Waals surface area contributed by atoms with Crippen molar-refractivity contribution in [3.8, 4) is 0 Å². The Balaban J connectivity index is 1.38. The van der Waals surface area contributed by atoms with Gasteiger partial charge < -0.3 is 45.1 Å². The average Bonchev–Trinajstić information content (AvgIpc) is 3.05. The van der Waals surface area contributed by atoms with Crippen molar-refractivity contribution in [1.29, 1.82) is 0 Å². The summed E-state index contributed by atoms with van der Waals surface area (Å²) in [5, 5.41) is 58.1. The van der Waals surface area contributed by atoms with Crippen LogP contribution in [0.25, 0.3) is 0 Å². The highest BCUT2D eigenvalue weighted by molar-refractivity contribution is 6.00. The van der Waals surface area contributed by atoms with Gasteiger partial charge in [-0.15, -0.1) is 0 Å². The van der Waals surface area contributed by atoms with E-state index in [1.807, 2.05) is 0 Å². The van der Waals surface area contributed by atoms with Crippen molar-refractivity contribution in [2.75, 3.05) is 33.9 Å². The fraction of sp³-hybridized carbons (Fsp3) is 0.903. The largest absolute Gasteiger partial charge is 0.394 e. The third-order valence-electron chi connectivity index (χ3n) is 11.6. The summed E-state index contributed by atoms with van der Waals surface area (Å²) in [5.41, 5.74) is 12.1. The molecular formula is C31H55N5O10+2. The number of guanidine groups is 1. The zero-order valence-electron chi connectivity index (χ0n) is 26.8. The molecule has 0 aromatic heterocycles. The number of carbonyl (C=O) groups excluding carboxylic acids is 2. The Morgan fingerprint density at radius 3 is 2.39 bits per heavy atom. The van der Waals surface area contributed by atoms with E-state index in [1.165, 1.54) is 7.11 Å². The molecule has 15 heteroatoms. The molecule has 0 bridgehead atoms. The molecule has 5 rings (SSSR count). The van der Waals surface area contributed by atoms with E-state index in [9.17, 15) is 35.1 Å². The molecule has 0 amide bonds. The first-order valence-corrected chi connectivity index (χ1v) is 16.9. The van der Waals surface area contributed by atoms with Crippen molar-refractivity contribution < 1.29 is 59.6 Å². The molecule has 46 heavy (non-hydrogen) atoms. The van der Waals surface area contributed by atoms with Gasteiger partial charge in [0.1, 0.15) is 42.1 Å². The van der Waals surface area contributed by atoms with Gasteiger partial charge in [0.25, 0.3) is 0 Å². The van der Waals surface area contributed by atoms with Crippen LogP contribution in [0.15, 0.2) is 0 Å². The molecule has 5 fully saturated rings. The van der Waals surface area contributed by atoms with Crippen molar-refractivity contribution in [3.05, 3.63) is 0 Å². The molecule has 0 radical (unpaired) electrons. The van der Waals surface area contributed by atoms with Crippen molar-refractivity contribution in [1.82, 2.24) is 5.32 Å². The van der Waals surface area contributed by atoms with Gasteiger partial charge in [-0.3, -0.25) is 31.4 Å². The molecule has 5 aliphatic rings. The van der Waals surface area contributed by atoms with Crippen LogP contribution in [0.1, 0.15) is 44.9 Å². The van der Waals surface area contributed by atoms with E-state index < -0.39 is 79.3 Å². The summed E-state index contributed by atoms with van der Waals surface area (Å²) in [7, 11) is 3.21. The molecule has 2 heterocycles. The molecule has 3 aliphatic carbocycles. The molecule has 262 valence electrons. The third-order valence-corrected chi connectivity index (χ3v) is 11.6. The first-order chi connectivity index (χ1) is 22.0. The monoisotopic (exact) mass is 657 g/mol. The zero-order chi connectivity index (χ0) is 33.3. The predicted molar refractivity (Wildman–Crippen MR) is 161 cm³/mol. The Morgan fingerprint density at radius 2 is 1.74 bits per heavy atom. The highest BCUT2D eigenvalue weighted by Gasteiger charge is 2.61. The van der Waals surface area contributed by atoms with Gasteiger partial charge in [0.2, 0.25) is 0 Å². The number of hydrogen-bond donors (Lipinski definition) is 10. The van der Waals surface area contributed by atoms with Crippen LogP contribution in [0.4, 0.5) is 0 Å². The molecule has 0 aromatic carbocycles. The second-order valence-corrected chi connectivity index (χ2v) is 14.1. The van der Waals surface area contributed by atoms with Crippen molar-refractivity contribution >= 4 is 17.5 Å². The lowest BCUT2D eigenvalue weighted by atomic mass is 9.53. The summed E-state index contributed by atoms with van der Waals surface area (Å²) < 4.78 is 17.4. The van der Waals surface area contributed by atoms with Crippen molar-refractivity contribution in [2.45, 2.75) is 100 Å². The Labute approximate surface area is 269 Å². The summed E-state index contributed by atoms with van der Waals surface area (Å²) in [4.78, 5) is 31.6. The molecule has 13 N–H and O–H groups in total. The molecular weight excluding hydrogens is 602 g/mol. The second kappa shape index (κ2) is 15.2. The molecule has 2 saturated heterocycles. The first-order valence-electron chi connectivity index (χ1n) is 16.9. The number of aliphatic hydroxyl groups is 5. The summed E-state index contributed by atoms with van der Waals surface area (Å²) in [6, 6.07) is 0. The van der Waals surface area contributed by atoms with Crippen LogP contribution < -0.4 is 27.1 Å². The van der Waals surface area contributed by atoms with Gasteiger partial charge in [-0.2, -0.15) is 0 Å². The minimum Gasteiger partial charge on any atom is -0.394 e. The van der Waals surface area contributed by atoms with E-state index in [0.717, 1.165) is 32.2 Å². The van der Waals surface area contributed by atoms with Gasteiger partial charge in [-0.1, -0.05) is 0 Å². The van der Waals surface area contributed by atoms with Crippen LogP contribution in [0, 0.1) is 41.4 Å². The maximum absolute atomic E-state index is 14.5.